The van der Waals surface area contributed by atoms with E-state index in [1.807, 2.05) is 11.9 Å². The van der Waals surface area contributed by atoms with Gasteiger partial charge in [-0.15, -0.1) is 0 Å². The lowest BCUT2D eigenvalue weighted by atomic mass is 10.1. The van der Waals surface area contributed by atoms with Crippen molar-refractivity contribution in [2.75, 3.05) is 33.3 Å². The molecular weight excluding hydrogens is 258 g/mol. The second-order valence-electron chi connectivity index (χ2n) is 5.54. The van der Waals surface area contributed by atoms with Crippen LogP contribution in [-0.4, -0.2) is 67.2 Å². The number of hydrogen-bond donors (Lipinski definition) is 1. The number of nitrogens with zero attached hydrogens (tertiary/aromatic N) is 2. The van der Waals surface area contributed by atoms with Crippen LogP contribution in [0.25, 0.3) is 0 Å². The number of carbonyl (C=O) groups is 2. The molecule has 1 fully saturated rings. The summed E-state index contributed by atoms with van der Waals surface area (Å²) < 4.78 is 4.97. The van der Waals surface area contributed by atoms with Crippen LogP contribution >= 0.6 is 0 Å². The Morgan fingerprint density at radius 1 is 1.35 bits per heavy atom. The van der Waals surface area contributed by atoms with Crippen LogP contribution in [0.2, 0.25) is 0 Å². The zero-order chi connectivity index (χ0) is 15.1. The Morgan fingerprint density at radius 3 is 2.45 bits per heavy atom. The van der Waals surface area contributed by atoms with E-state index in [1.54, 1.807) is 11.8 Å². The largest absolute Gasteiger partial charge is 0.450 e. The summed E-state index contributed by atoms with van der Waals surface area (Å²) in [5, 5.41) is 3.04. The van der Waals surface area contributed by atoms with Crippen LogP contribution in [0.1, 0.15) is 33.6 Å². The Labute approximate surface area is 121 Å². The molecule has 1 rings (SSSR count). The summed E-state index contributed by atoms with van der Waals surface area (Å²) in [5.41, 5.74) is 0. The van der Waals surface area contributed by atoms with Gasteiger partial charge in [0.25, 0.3) is 0 Å². The maximum atomic E-state index is 11.9. The van der Waals surface area contributed by atoms with Gasteiger partial charge < -0.3 is 15.0 Å². The van der Waals surface area contributed by atoms with Crippen molar-refractivity contribution in [3.05, 3.63) is 0 Å². The van der Waals surface area contributed by atoms with Gasteiger partial charge in [0.1, 0.15) is 0 Å². The molecule has 0 aliphatic carbocycles. The van der Waals surface area contributed by atoms with Gasteiger partial charge in [-0.1, -0.05) is 0 Å². The fourth-order valence-electron chi connectivity index (χ4n) is 2.10. The van der Waals surface area contributed by atoms with Crippen molar-refractivity contribution < 1.29 is 14.3 Å². The minimum absolute atomic E-state index is 0.0517. The summed E-state index contributed by atoms with van der Waals surface area (Å²) in [7, 11) is 1.94. The van der Waals surface area contributed by atoms with Crippen LogP contribution in [-0.2, 0) is 9.53 Å². The lowest BCUT2D eigenvalue weighted by Crippen LogP contribution is -2.49. The molecule has 1 N–H and O–H groups in total. The minimum atomic E-state index is -0.253. The molecule has 20 heavy (non-hydrogen) atoms. The Hall–Kier alpha value is -1.30. The summed E-state index contributed by atoms with van der Waals surface area (Å²) in [6.45, 7) is 8.02. The molecule has 1 heterocycles. The minimum Gasteiger partial charge on any atom is -0.450 e. The Balaban J connectivity index is 2.28. The van der Waals surface area contributed by atoms with Crippen molar-refractivity contribution in [1.82, 2.24) is 15.1 Å². The highest BCUT2D eigenvalue weighted by molar-refractivity contribution is 5.78. The summed E-state index contributed by atoms with van der Waals surface area (Å²) in [6, 6.07) is 0.514. The maximum Gasteiger partial charge on any atom is 0.409 e. The number of likely N-dealkylation sites (N-methyl/N-ethyl adjacent to an activating group) is 1. The molecule has 1 aliphatic rings. The first-order chi connectivity index (χ1) is 9.43. The van der Waals surface area contributed by atoms with Gasteiger partial charge >= 0.3 is 6.09 Å². The smallest absolute Gasteiger partial charge is 0.409 e. The summed E-state index contributed by atoms with van der Waals surface area (Å²) in [5.74, 6) is 0.0517. The Morgan fingerprint density at radius 2 is 1.95 bits per heavy atom. The molecule has 0 saturated carbocycles. The molecule has 1 aliphatic heterocycles. The highest BCUT2D eigenvalue weighted by Crippen LogP contribution is 2.11. The maximum absolute atomic E-state index is 11.9. The third-order valence-electron chi connectivity index (χ3n) is 3.66. The molecule has 0 atom stereocenters. The molecule has 0 spiro atoms. The zero-order valence-corrected chi connectivity index (χ0v) is 13.0. The van der Waals surface area contributed by atoms with Gasteiger partial charge in [-0.05, 0) is 40.7 Å². The van der Waals surface area contributed by atoms with Crippen molar-refractivity contribution in [3.63, 3.8) is 0 Å². The van der Waals surface area contributed by atoms with E-state index in [1.165, 1.54) is 0 Å². The number of hydrogen-bond acceptors (Lipinski definition) is 4. The van der Waals surface area contributed by atoms with Gasteiger partial charge in [-0.2, -0.15) is 0 Å². The van der Waals surface area contributed by atoms with Gasteiger partial charge in [-0.25, -0.2) is 4.79 Å². The van der Waals surface area contributed by atoms with Crippen molar-refractivity contribution in [2.24, 2.45) is 0 Å². The van der Waals surface area contributed by atoms with Gasteiger partial charge in [0.15, 0.2) is 0 Å². The quantitative estimate of drug-likeness (QED) is 0.820. The van der Waals surface area contributed by atoms with Crippen LogP contribution in [0.5, 0.6) is 0 Å². The van der Waals surface area contributed by atoms with Crippen LogP contribution in [0.3, 0.4) is 0 Å². The van der Waals surface area contributed by atoms with Crippen molar-refractivity contribution in [3.8, 4) is 0 Å². The number of ether oxygens (including phenoxy) is 1. The Bertz CT molecular complexity index is 326. The first-order valence-electron chi connectivity index (χ1n) is 7.35. The lowest BCUT2D eigenvalue weighted by Gasteiger charge is -2.32. The van der Waals surface area contributed by atoms with E-state index in [2.05, 4.69) is 19.2 Å². The fourth-order valence-corrected chi connectivity index (χ4v) is 2.10. The van der Waals surface area contributed by atoms with Crippen LogP contribution < -0.4 is 5.32 Å². The number of piperidine rings is 1. The third-order valence-corrected chi connectivity index (χ3v) is 3.66. The van der Waals surface area contributed by atoms with E-state index >= 15 is 0 Å². The molecule has 0 aromatic carbocycles. The van der Waals surface area contributed by atoms with Crippen LogP contribution in [0.15, 0.2) is 0 Å². The topological polar surface area (TPSA) is 61.9 Å². The van der Waals surface area contributed by atoms with Crippen molar-refractivity contribution in [1.29, 1.82) is 0 Å². The van der Waals surface area contributed by atoms with Gasteiger partial charge in [0.2, 0.25) is 5.91 Å². The van der Waals surface area contributed by atoms with E-state index in [0.29, 0.717) is 32.3 Å². The number of rotatable bonds is 5. The summed E-state index contributed by atoms with van der Waals surface area (Å²) in [6.07, 6.45) is 1.32. The normalized spacial score (nSPS) is 16.6. The van der Waals surface area contributed by atoms with Crippen LogP contribution in [0.4, 0.5) is 4.79 Å². The average Bonchev–Trinajstić information content (AvgIpc) is 2.39. The van der Waals surface area contributed by atoms with E-state index < -0.39 is 0 Å². The molecule has 0 unspecified atom stereocenters. The van der Waals surface area contributed by atoms with Gasteiger partial charge in [-0.3, -0.25) is 9.69 Å². The molecule has 116 valence electrons. The highest BCUT2D eigenvalue weighted by atomic mass is 16.6. The number of carbonyl (C=O) groups excluding carboxylic acids is 2. The number of amides is 2. The molecule has 0 radical (unpaired) electrons. The molecular formula is C14H27N3O3. The van der Waals surface area contributed by atoms with Crippen molar-refractivity contribution >= 4 is 12.0 Å². The standard InChI is InChI=1S/C14H27N3O3/c1-5-20-14(19)17-8-6-12(7-9-17)15-13(18)10-16(4)11(2)3/h11-12H,5-10H2,1-4H3,(H,15,18). The molecule has 1 saturated heterocycles. The average molecular weight is 285 g/mol. The molecule has 2 amide bonds. The highest BCUT2D eigenvalue weighted by Gasteiger charge is 2.24. The molecule has 0 bridgehead atoms. The first kappa shape index (κ1) is 16.8. The molecule has 6 nitrogen and oxygen atoms in total. The fraction of sp³-hybridized carbons (Fsp3) is 0.857. The zero-order valence-electron chi connectivity index (χ0n) is 13.0. The first-order valence-corrected chi connectivity index (χ1v) is 7.35. The number of nitrogens with one attached hydrogen (secondary N) is 1. The van der Waals surface area contributed by atoms with Crippen LogP contribution in [0, 0.1) is 0 Å². The van der Waals surface area contributed by atoms with E-state index in [9.17, 15) is 9.59 Å². The summed E-state index contributed by atoms with van der Waals surface area (Å²) in [4.78, 5) is 27.1. The van der Waals surface area contributed by atoms with E-state index in [0.717, 1.165) is 12.8 Å². The van der Waals surface area contributed by atoms with Gasteiger partial charge in [0, 0.05) is 25.2 Å². The molecule has 6 heteroatoms. The predicted octanol–water partition coefficient (Wildman–Crippen LogP) is 1.06. The SMILES string of the molecule is CCOC(=O)N1CCC(NC(=O)CN(C)C(C)C)CC1. The monoisotopic (exact) mass is 285 g/mol. The lowest BCUT2D eigenvalue weighted by molar-refractivity contribution is -0.123. The number of likely N-dealkylation sites (tertiary alicyclic amines) is 1. The predicted molar refractivity (Wildman–Crippen MR) is 77.5 cm³/mol. The van der Waals surface area contributed by atoms with Crippen molar-refractivity contribution in [2.45, 2.75) is 45.7 Å². The van der Waals surface area contributed by atoms with E-state index in [4.69, 9.17) is 4.74 Å². The third kappa shape index (κ3) is 5.36. The van der Waals surface area contributed by atoms with Gasteiger partial charge in [0.05, 0.1) is 13.2 Å². The second kappa shape index (κ2) is 8.09. The second-order valence-corrected chi connectivity index (χ2v) is 5.54. The summed E-state index contributed by atoms with van der Waals surface area (Å²) >= 11 is 0. The van der Waals surface area contributed by atoms with E-state index in [-0.39, 0.29) is 18.0 Å². The molecule has 0 aromatic rings. The molecule has 0 aromatic heterocycles. The Kier molecular flexibility index (Phi) is 6.78.